The molecule has 0 aliphatic heterocycles. The van der Waals surface area contributed by atoms with Crippen molar-refractivity contribution in [2.24, 2.45) is 0 Å². The Bertz CT molecular complexity index is 465. The van der Waals surface area contributed by atoms with Crippen molar-refractivity contribution < 1.29 is 0 Å². The molecule has 0 amide bonds. The second-order valence-electron chi connectivity index (χ2n) is 2.63. The lowest BCUT2D eigenvalue weighted by atomic mass is 10.2. The molecule has 0 bridgehead atoms. The monoisotopic (exact) mass is 190 g/mol. The first-order valence-corrected chi connectivity index (χ1v) is 4.22. The Kier molecular flexibility index (Phi) is 1.99. The van der Waals surface area contributed by atoms with Crippen molar-refractivity contribution in [3.05, 3.63) is 41.8 Å². The molecule has 2 heterocycles. The van der Waals surface area contributed by atoms with Crippen molar-refractivity contribution in [3.8, 4) is 0 Å². The number of hydrogen-bond acceptors (Lipinski definition) is 2. The molecule has 0 aliphatic carbocycles. The van der Waals surface area contributed by atoms with Crippen LogP contribution in [0.4, 0.5) is 0 Å². The third-order valence-corrected chi connectivity index (χ3v) is 2.10. The van der Waals surface area contributed by atoms with Gasteiger partial charge in [0.2, 0.25) is 0 Å². The van der Waals surface area contributed by atoms with Gasteiger partial charge in [-0.3, -0.25) is 4.98 Å². The molecule has 64 valence electrons. The first-order valence-electron chi connectivity index (χ1n) is 3.84. The van der Waals surface area contributed by atoms with Gasteiger partial charge in [0.15, 0.2) is 0 Å². The number of halogens is 1. The summed E-state index contributed by atoms with van der Waals surface area (Å²) in [6.45, 7) is 3.64. The predicted octanol–water partition coefficient (Wildman–Crippen LogP) is 2.93. The summed E-state index contributed by atoms with van der Waals surface area (Å²) >= 11 is 6.03. The molecule has 2 aromatic rings. The summed E-state index contributed by atoms with van der Waals surface area (Å²) in [5.74, 6) is 0. The smallest absolute Gasteiger partial charge is 0.0907 e. The van der Waals surface area contributed by atoms with Crippen molar-refractivity contribution in [2.45, 2.75) is 0 Å². The molecule has 0 atom stereocenters. The van der Waals surface area contributed by atoms with Crippen LogP contribution in [0.2, 0.25) is 5.02 Å². The highest BCUT2D eigenvalue weighted by Crippen LogP contribution is 2.22. The first-order chi connectivity index (χ1) is 6.31. The fourth-order valence-electron chi connectivity index (χ4n) is 1.16. The Labute approximate surface area is 80.9 Å². The van der Waals surface area contributed by atoms with Gasteiger partial charge in [-0.2, -0.15) is 0 Å². The molecule has 0 saturated carbocycles. The van der Waals surface area contributed by atoms with Crippen LogP contribution in [0.15, 0.2) is 31.1 Å². The summed E-state index contributed by atoms with van der Waals surface area (Å²) in [7, 11) is 0. The lowest BCUT2D eigenvalue weighted by Gasteiger charge is -2.00. The molecule has 2 rings (SSSR count). The summed E-state index contributed by atoms with van der Waals surface area (Å²) < 4.78 is 0. The van der Waals surface area contributed by atoms with E-state index in [0.29, 0.717) is 5.02 Å². The van der Waals surface area contributed by atoms with Crippen molar-refractivity contribution in [1.82, 2.24) is 9.97 Å². The van der Waals surface area contributed by atoms with Crippen LogP contribution in [0.25, 0.3) is 17.0 Å². The summed E-state index contributed by atoms with van der Waals surface area (Å²) in [4.78, 5) is 8.26. The molecule has 2 aromatic heterocycles. The van der Waals surface area contributed by atoms with Gasteiger partial charge in [-0.15, -0.1) is 0 Å². The van der Waals surface area contributed by atoms with Gasteiger partial charge in [-0.05, 0) is 18.2 Å². The van der Waals surface area contributed by atoms with Crippen LogP contribution in [0, 0.1) is 0 Å². The minimum Gasteiger partial charge on any atom is -0.262 e. The Morgan fingerprint density at radius 1 is 1.46 bits per heavy atom. The topological polar surface area (TPSA) is 25.8 Å². The van der Waals surface area contributed by atoms with Crippen LogP contribution in [-0.4, -0.2) is 9.97 Å². The number of rotatable bonds is 1. The van der Waals surface area contributed by atoms with E-state index in [1.807, 2.05) is 6.07 Å². The molecule has 0 unspecified atom stereocenters. The van der Waals surface area contributed by atoms with E-state index in [1.165, 1.54) is 0 Å². The molecule has 0 spiro atoms. The second-order valence-corrected chi connectivity index (χ2v) is 3.03. The molecule has 13 heavy (non-hydrogen) atoms. The first kappa shape index (κ1) is 8.20. The molecule has 0 N–H and O–H groups in total. The van der Waals surface area contributed by atoms with E-state index >= 15 is 0 Å². The Hall–Kier alpha value is -1.41. The van der Waals surface area contributed by atoms with E-state index in [0.717, 1.165) is 16.6 Å². The zero-order valence-corrected chi connectivity index (χ0v) is 7.62. The summed E-state index contributed by atoms with van der Waals surface area (Å²) in [6, 6.07) is 3.63. The minimum absolute atomic E-state index is 0.683. The Morgan fingerprint density at radius 3 is 3.08 bits per heavy atom. The van der Waals surface area contributed by atoms with Gasteiger partial charge in [0.1, 0.15) is 0 Å². The summed E-state index contributed by atoms with van der Waals surface area (Å²) in [5, 5.41) is 1.60. The molecule has 3 heteroatoms. The van der Waals surface area contributed by atoms with Crippen molar-refractivity contribution in [1.29, 1.82) is 0 Å². The van der Waals surface area contributed by atoms with Crippen molar-refractivity contribution >= 4 is 28.6 Å². The van der Waals surface area contributed by atoms with Crippen LogP contribution in [-0.2, 0) is 0 Å². The molecule has 0 saturated heterocycles. The fourth-order valence-corrected chi connectivity index (χ4v) is 1.43. The van der Waals surface area contributed by atoms with E-state index in [9.17, 15) is 0 Å². The van der Waals surface area contributed by atoms with Gasteiger partial charge in [0.05, 0.1) is 22.4 Å². The average molecular weight is 191 g/mol. The zero-order valence-electron chi connectivity index (χ0n) is 6.87. The van der Waals surface area contributed by atoms with Crippen LogP contribution in [0.1, 0.15) is 5.69 Å². The molecule has 0 aromatic carbocycles. The van der Waals surface area contributed by atoms with Crippen molar-refractivity contribution in [3.63, 3.8) is 0 Å². The Morgan fingerprint density at radius 2 is 2.31 bits per heavy atom. The second kappa shape index (κ2) is 3.15. The SMILES string of the molecule is C=Cc1cc(Cl)c2ccncc2n1. The zero-order chi connectivity index (χ0) is 9.26. The number of nitrogens with zero attached hydrogens (tertiary/aromatic N) is 2. The predicted molar refractivity (Wildman–Crippen MR) is 54.6 cm³/mol. The molecular weight excluding hydrogens is 184 g/mol. The van der Waals surface area contributed by atoms with Crippen molar-refractivity contribution in [2.75, 3.05) is 0 Å². The van der Waals surface area contributed by atoms with E-state index in [2.05, 4.69) is 16.5 Å². The average Bonchev–Trinajstić information content (AvgIpc) is 2.18. The third kappa shape index (κ3) is 1.40. The number of aromatic nitrogens is 2. The highest BCUT2D eigenvalue weighted by atomic mass is 35.5. The number of fused-ring (bicyclic) bond motifs is 1. The van der Waals surface area contributed by atoms with Crippen LogP contribution < -0.4 is 0 Å². The van der Waals surface area contributed by atoms with Gasteiger partial charge in [-0.1, -0.05) is 18.2 Å². The van der Waals surface area contributed by atoms with Gasteiger partial charge in [-0.25, -0.2) is 4.98 Å². The van der Waals surface area contributed by atoms with E-state index < -0.39 is 0 Å². The highest BCUT2D eigenvalue weighted by Gasteiger charge is 2.00. The van der Waals surface area contributed by atoms with E-state index in [4.69, 9.17) is 11.6 Å². The maximum atomic E-state index is 6.03. The van der Waals surface area contributed by atoms with E-state index in [-0.39, 0.29) is 0 Å². The van der Waals surface area contributed by atoms with Crippen LogP contribution in [0.5, 0.6) is 0 Å². The fraction of sp³-hybridized carbons (Fsp3) is 0. The maximum absolute atomic E-state index is 6.03. The van der Waals surface area contributed by atoms with Gasteiger partial charge < -0.3 is 0 Å². The highest BCUT2D eigenvalue weighted by molar-refractivity contribution is 6.35. The molecular formula is C10H7ClN2. The summed E-state index contributed by atoms with van der Waals surface area (Å²) in [6.07, 6.45) is 5.05. The number of hydrogen-bond donors (Lipinski definition) is 0. The lowest BCUT2D eigenvalue weighted by Crippen LogP contribution is -1.85. The summed E-state index contributed by atoms with van der Waals surface area (Å²) in [5.41, 5.74) is 1.57. The van der Waals surface area contributed by atoms with Crippen LogP contribution >= 0.6 is 11.6 Å². The minimum atomic E-state index is 0.683. The van der Waals surface area contributed by atoms with Gasteiger partial charge >= 0.3 is 0 Å². The maximum Gasteiger partial charge on any atom is 0.0907 e. The largest absolute Gasteiger partial charge is 0.262 e. The molecule has 0 fully saturated rings. The van der Waals surface area contributed by atoms with Gasteiger partial charge in [0.25, 0.3) is 0 Å². The van der Waals surface area contributed by atoms with Crippen LogP contribution in [0.3, 0.4) is 0 Å². The third-order valence-electron chi connectivity index (χ3n) is 1.79. The molecule has 2 nitrogen and oxygen atoms in total. The van der Waals surface area contributed by atoms with Gasteiger partial charge in [0, 0.05) is 11.6 Å². The number of pyridine rings is 2. The molecule has 0 aliphatic rings. The Balaban J connectivity index is 2.84. The normalized spacial score (nSPS) is 10.2. The quantitative estimate of drug-likeness (QED) is 0.691. The van der Waals surface area contributed by atoms with E-state index in [1.54, 1.807) is 24.5 Å². The molecule has 0 radical (unpaired) electrons. The lowest BCUT2D eigenvalue weighted by molar-refractivity contribution is 1.30. The standard InChI is InChI=1S/C10H7ClN2/c1-2-7-5-9(11)8-3-4-12-6-10(8)13-7/h2-6H,1H2.